The van der Waals surface area contributed by atoms with Crippen molar-refractivity contribution in [3.63, 3.8) is 0 Å². The lowest BCUT2D eigenvalue weighted by molar-refractivity contribution is 0.697. The molecular formula is C20H25N3. The van der Waals surface area contributed by atoms with E-state index in [1.807, 2.05) is 0 Å². The Hall–Kier alpha value is -2.16. The number of nitrogens with one attached hydrogen (secondary N) is 1. The third-order valence-electron chi connectivity index (χ3n) is 4.48. The summed E-state index contributed by atoms with van der Waals surface area (Å²) in [4.78, 5) is 8.89. The fourth-order valence-corrected chi connectivity index (χ4v) is 3.11. The van der Waals surface area contributed by atoms with Crippen molar-refractivity contribution >= 4 is 12.1 Å². The van der Waals surface area contributed by atoms with Gasteiger partial charge in [0.1, 0.15) is 0 Å². The normalized spacial score (nSPS) is 30.6. The van der Waals surface area contributed by atoms with Gasteiger partial charge in [-0.3, -0.25) is 9.98 Å². The van der Waals surface area contributed by atoms with Crippen molar-refractivity contribution in [2.75, 3.05) is 13.1 Å². The van der Waals surface area contributed by atoms with E-state index in [2.05, 4.69) is 65.8 Å². The molecule has 0 fully saturated rings. The number of nitrogens with zero attached hydrogens (tertiary/aromatic N) is 2. The van der Waals surface area contributed by atoms with Crippen molar-refractivity contribution in [2.45, 2.75) is 26.2 Å². The van der Waals surface area contributed by atoms with Gasteiger partial charge in [0.15, 0.2) is 0 Å². The van der Waals surface area contributed by atoms with Crippen LogP contribution in [0.25, 0.3) is 0 Å². The Morgan fingerprint density at radius 1 is 1.17 bits per heavy atom. The smallest absolute Gasteiger partial charge is 0.0869 e. The number of allylic oxidation sites excluding steroid dienone is 7. The molecule has 3 rings (SSSR count). The van der Waals surface area contributed by atoms with Crippen LogP contribution in [0.4, 0.5) is 0 Å². The molecule has 0 bridgehead atoms. The van der Waals surface area contributed by atoms with Crippen LogP contribution in [0.5, 0.6) is 0 Å². The average molecular weight is 307 g/mol. The molecule has 3 nitrogen and oxygen atoms in total. The first-order valence-electron chi connectivity index (χ1n) is 8.54. The molecule has 1 unspecified atom stereocenters. The van der Waals surface area contributed by atoms with Gasteiger partial charge in [0.05, 0.1) is 18.6 Å². The summed E-state index contributed by atoms with van der Waals surface area (Å²) in [6, 6.07) is 0. The largest absolute Gasteiger partial charge is 0.350 e. The Morgan fingerprint density at radius 3 is 2.87 bits per heavy atom. The lowest BCUT2D eigenvalue weighted by atomic mass is 9.89. The Balaban J connectivity index is 1.83. The van der Waals surface area contributed by atoms with Crippen molar-refractivity contribution in [1.29, 1.82) is 0 Å². The summed E-state index contributed by atoms with van der Waals surface area (Å²) >= 11 is 0. The van der Waals surface area contributed by atoms with Crippen LogP contribution >= 0.6 is 0 Å². The number of dihydropyridines is 1. The molecule has 120 valence electrons. The van der Waals surface area contributed by atoms with Crippen LogP contribution in [0, 0.1) is 11.8 Å². The number of hydrogen-bond donors (Lipinski definition) is 1. The van der Waals surface area contributed by atoms with E-state index in [1.165, 1.54) is 11.3 Å². The molecule has 1 N–H and O–H groups in total. The molecular weight excluding hydrogens is 282 g/mol. The molecule has 2 atom stereocenters. The highest BCUT2D eigenvalue weighted by Gasteiger charge is 2.15. The Labute approximate surface area is 139 Å². The molecule has 2 heterocycles. The van der Waals surface area contributed by atoms with Gasteiger partial charge in [0.25, 0.3) is 0 Å². The first-order chi connectivity index (χ1) is 11.3. The van der Waals surface area contributed by atoms with E-state index < -0.39 is 0 Å². The van der Waals surface area contributed by atoms with Gasteiger partial charge in [0.2, 0.25) is 0 Å². The monoisotopic (exact) mass is 307 g/mol. The van der Waals surface area contributed by atoms with E-state index in [-0.39, 0.29) is 0 Å². The van der Waals surface area contributed by atoms with E-state index in [9.17, 15) is 0 Å². The minimum absolute atomic E-state index is 0.382. The maximum Gasteiger partial charge on any atom is 0.0869 e. The van der Waals surface area contributed by atoms with Gasteiger partial charge in [-0.05, 0) is 42.9 Å². The molecule has 0 saturated heterocycles. The molecule has 0 aromatic rings. The second kappa shape index (κ2) is 7.91. The van der Waals surface area contributed by atoms with E-state index in [0.717, 1.165) is 38.1 Å². The Kier molecular flexibility index (Phi) is 5.41. The highest BCUT2D eigenvalue weighted by atomic mass is 15.0. The first kappa shape index (κ1) is 15.7. The number of rotatable bonds is 2. The van der Waals surface area contributed by atoms with Gasteiger partial charge < -0.3 is 5.32 Å². The third kappa shape index (κ3) is 4.19. The Bertz CT molecular complexity index is 629. The van der Waals surface area contributed by atoms with Gasteiger partial charge in [-0.25, -0.2) is 0 Å². The van der Waals surface area contributed by atoms with E-state index >= 15 is 0 Å². The Morgan fingerprint density at radius 2 is 2.09 bits per heavy atom. The SMILES string of the molecule is C[C@H]1C/C=C/CC(C2=CCN=CN2)/C=C\C=C1C1=NCCC=C1. The number of hydrogen-bond acceptors (Lipinski definition) is 3. The lowest BCUT2D eigenvalue weighted by Gasteiger charge is -2.20. The highest BCUT2D eigenvalue weighted by Crippen LogP contribution is 2.23. The van der Waals surface area contributed by atoms with Gasteiger partial charge >= 0.3 is 0 Å². The minimum Gasteiger partial charge on any atom is -0.350 e. The summed E-state index contributed by atoms with van der Waals surface area (Å²) in [5.74, 6) is 0.876. The summed E-state index contributed by atoms with van der Waals surface area (Å²) in [5.41, 5.74) is 3.75. The molecule has 0 amide bonds. The zero-order valence-electron chi connectivity index (χ0n) is 13.8. The van der Waals surface area contributed by atoms with Gasteiger partial charge in [0, 0.05) is 18.2 Å². The molecule has 3 heteroatoms. The fourth-order valence-electron chi connectivity index (χ4n) is 3.11. The average Bonchev–Trinajstić information content (AvgIpc) is 2.62. The van der Waals surface area contributed by atoms with Crippen molar-refractivity contribution < 1.29 is 0 Å². The predicted octanol–water partition coefficient (Wildman–Crippen LogP) is 3.99. The van der Waals surface area contributed by atoms with Crippen molar-refractivity contribution in [3.05, 3.63) is 59.9 Å². The van der Waals surface area contributed by atoms with E-state index in [1.54, 1.807) is 6.34 Å². The molecule has 3 aliphatic rings. The second-order valence-corrected chi connectivity index (χ2v) is 6.21. The van der Waals surface area contributed by atoms with Crippen LogP contribution in [0.1, 0.15) is 26.2 Å². The fraction of sp³-hybridized carbons (Fsp3) is 0.400. The molecule has 0 radical (unpaired) electrons. The summed E-state index contributed by atoms with van der Waals surface area (Å²) < 4.78 is 0. The van der Waals surface area contributed by atoms with Crippen molar-refractivity contribution in [1.82, 2.24) is 5.32 Å². The summed E-state index contributed by atoms with van der Waals surface area (Å²) in [6.45, 7) is 3.97. The van der Waals surface area contributed by atoms with Gasteiger partial charge in [-0.2, -0.15) is 0 Å². The third-order valence-corrected chi connectivity index (χ3v) is 4.48. The lowest BCUT2D eigenvalue weighted by Crippen LogP contribution is -2.21. The van der Waals surface area contributed by atoms with Crippen molar-refractivity contribution in [3.8, 4) is 0 Å². The maximum atomic E-state index is 4.70. The quantitative estimate of drug-likeness (QED) is 0.770. The highest BCUT2D eigenvalue weighted by molar-refractivity contribution is 6.09. The van der Waals surface area contributed by atoms with Gasteiger partial charge in [-0.15, -0.1) is 0 Å². The van der Waals surface area contributed by atoms with E-state index in [0.29, 0.717) is 11.8 Å². The van der Waals surface area contributed by atoms with Crippen LogP contribution in [0.15, 0.2) is 69.9 Å². The van der Waals surface area contributed by atoms with Crippen LogP contribution < -0.4 is 5.32 Å². The first-order valence-corrected chi connectivity index (χ1v) is 8.54. The standard InChI is InChI=1S/C20H25N3/c1-16-7-2-3-8-17(19-12-14-21-15-23-19)9-6-10-18(16)20-11-4-5-13-22-20/h2-4,6,9-12,15-17H,5,7-8,13-14H2,1H3,(H,21,23)/b3-2+,9-6-,18-10?/t16-,17?/m0/s1. The van der Waals surface area contributed by atoms with Crippen LogP contribution in [-0.2, 0) is 0 Å². The molecule has 0 aromatic heterocycles. The molecule has 2 aliphatic heterocycles. The summed E-state index contributed by atoms with van der Waals surface area (Å²) in [7, 11) is 0. The topological polar surface area (TPSA) is 36.8 Å². The maximum absolute atomic E-state index is 4.70. The van der Waals surface area contributed by atoms with Crippen LogP contribution in [0.3, 0.4) is 0 Å². The van der Waals surface area contributed by atoms with Gasteiger partial charge in [-0.1, -0.05) is 43.4 Å². The van der Waals surface area contributed by atoms with Crippen molar-refractivity contribution in [2.24, 2.45) is 21.8 Å². The minimum atomic E-state index is 0.382. The van der Waals surface area contributed by atoms with Crippen LogP contribution in [0.2, 0.25) is 0 Å². The zero-order chi connectivity index (χ0) is 15.9. The predicted molar refractivity (Wildman–Crippen MR) is 98.9 cm³/mol. The summed E-state index contributed by atoms with van der Waals surface area (Å²) in [6.07, 6.45) is 22.9. The summed E-state index contributed by atoms with van der Waals surface area (Å²) in [5, 5.41) is 3.29. The molecule has 1 aliphatic carbocycles. The van der Waals surface area contributed by atoms with E-state index in [4.69, 9.17) is 4.99 Å². The second-order valence-electron chi connectivity index (χ2n) is 6.21. The molecule has 23 heavy (non-hydrogen) atoms. The zero-order valence-corrected chi connectivity index (χ0v) is 13.8. The molecule has 0 aromatic carbocycles. The molecule has 0 spiro atoms. The van der Waals surface area contributed by atoms with Crippen LogP contribution in [-0.4, -0.2) is 25.1 Å². The number of aliphatic imine (C=N–C) groups is 2. The molecule has 0 saturated carbocycles.